The summed E-state index contributed by atoms with van der Waals surface area (Å²) in [4.78, 5) is 51.5. The summed E-state index contributed by atoms with van der Waals surface area (Å²) in [6, 6.07) is 9.10. The molecule has 1 aromatic carbocycles. The molecule has 0 spiro atoms. The number of nitrogens with one attached hydrogen (secondary N) is 2. The fourth-order valence-electron chi connectivity index (χ4n) is 9.07. The van der Waals surface area contributed by atoms with Gasteiger partial charge in [0.15, 0.2) is 0 Å². The number of thioether (sulfide) groups is 1. The van der Waals surface area contributed by atoms with E-state index < -0.39 is 23.5 Å². The number of hydrogen-bond acceptors (Lipinski definition) is 11. The van der Waals surface area contributed by atoms with Gasteiger partial charge in [-0.1, -0.05) is 33.8 Å². The normalized spacial score (nSPS) is 29.2. The summed E-state index contributed by atoms with van der Waals surface area (Å²) in [7, 11) is 1.70. The van der Waals surface area contributed by atoms with Crippen molar-refractivity contribution in [3.05, 3.63) is 53.3 Å². The van der Waals surface area contributed by atoms with Crippen molar-refractivity contribution in [1.82, 2.24) is 25.3 Å². The number of carbonyl (C=O) groups excluding carboxylic acids is 3. The molecule has 2 aromatic heterocycles. The Balaban J connectivity index is 1.23. The van der Waals surface area contributed by atoms with E-state index in [9.17, 15) is 14.4 Å². The number of nitrogens with zero attached hydrogens (tertiary/aromatic N) is 4. The second-order valence-electron chi connectivity index (χ2n) is 17.5. The van der Waals surface area contributed by atoms with Crippen molar-refractivity contribution < 1.29 is 33.3 Å². The minimum atomic E-state index is -0.815. The highest BCUT2D eigenvalue weighted by Gasteiger charge is 2.49. The first kappa shape index (κ1) is 40.9. The van der Waals surface area contributed by atoms with Gasteiger partial charge in [-0.05, 0) is 79.8 Å². The van der Waals surface area contributed by atoms with E-state index in [0.717, 1.165) is 56.2 Å². The fraction of sp³-hybridized carbons (Fsp3) is 0.614. The van der Waals surface area contributed by atoms with Gasteiger partial charge in [0.05, 0.1) is 54.5 Å². The molecule has 4 aliphatic heterocycles. The van der Waals surface area contributed by atoms with Gasteiger partial charge >= 0.3 is 5.97 Å². The first-order valence-electron chi connectivity index (χ1n) is 21.0. The van der Waals surface area contributed by atoms with Crippen molar-refractivity contribution in [1.29, 1.82) is 0 Å². The van der Waals surface area contributed by atoms with Crippen molar-refractivity contribution in [3.8, 4) is 11.3 Å². The smallest absolute Gasteiger partial charge is 0.324 e. The lowest BCUT2D eigenvalue weighted by atomic mass is 9.84. The van der Waals surface area contributed by atoms with E-state index in [1.165, 1.54) is 5.01 Å². The highest BCUT2D eigenvalue weighted by atomic mass is 32.2. The number of ether oxygens (including phenoxy) is 4. The largest absolute Gasteiger partial charge is 0.464 e. The van der Waals surface area contributed by atoms with Crippen molar-refractivity contribution in [3.63, 3.8) is 0 Å². The Morgan fingerprint density at radius 3 is 2.76 bits per heavy atom. The van der Waals surface area contributed by atoms with Gasteiger partial charge in [-0.15, -0.1) is 11.8 Å². The van der Waals surface area contributed by atoms with Crippen LogP contribution >= 0.6 is 11.8 Å². The molecule has 6 heterocycles. The number of hydrazine groups is 1. The summed E-state index contributed by atoms with van der Waals surface area (Å²) < 4.78 is 26.3. The maximum Gasteiger partial charge on any atom is 0.324 e. The zero-order valence-electron chi connectivity index (χ0n) is 34.6. The predicted molar refractivity (Wildman–Crippen MR) is 223 cm³/mol. The van der Waals surface area contributed by atoms with Gasteiger partial charge in [0.2, 0.25) is 5.91 Å². The van der Waals surface area contributed by atoms with Crippen molar-refractivity contribution in [2.75, 3.05) is 45.8 Å². The third-order valence-electron chi connectivity index (χ3n) is 12.8. The van der Waals surface area contributed by atoms with Crippen LogP contribution in [0.15, 0.2) is 41.5 Å². The Hall–Kier alpha value is -3.82. The van der Waals surface area contributed by atoms with E-state index >= 15 is 0 Å². The Morgan fingerprint density at radius 1 is 1.17 bits per heavy atom. The molecule has 5 aliphatic rings. The molecule has 2 amide bonds. The van der Waals surface area contributed by atoms with Crippen LogP contribution in [0.2, 0.25) is 0 Å². The first-order chi connectivity index (χ1) is 27.9. The maximum absolute atomic E-state index is 14.2. The molecule has 1 aliphatic carbocycles. The van der Waals surface area contributed by atoms with E-state index in [-0.39, 0.29) is 60.8 Å². The molecular formula is C44H58N6O7S. The number of benzene rings is 1. The Labute approximate surface area is 345 Å². The molecule has 6 bridgehead atoms. The molecule has 312 valence electrons. The van der Waals surface area contributed by atoms with E-state index in [1.807, 2.05) is 19.2 Å². The molecule has 14 heteroatoms. The van der Waals surface area contributed by atoms with Gasteiger partial charge in [-0.3, -0.25) is 29.4 Å². The molecule has 3 fully saturated rings. The van der Waals surface area contributed by atoms with Crippen molar-refractivity contribution in [2.24, 2.45) is 28.2 Å². The van der Waals surface area contributed by atoms with E-state index in [0.29, 0.717) is 52.2 Å². The van der Waals surface area contributed by atoms with Gasteiger partial charge in [0.25, 0.3) is 5.91 Å². The number of fused-ring (bicyclic) bond motifs is 5. The number of carbonyl (C=O) groups is 3. The number of aromatic nitrogens is 2. The Morgan fingerprint density at radius 2 is 2.00 bits per heavy atom. The van der Waals surface area contributed by atoms with Gasteiger partial charge in [0.1, 0.15) is 12.1 Å². The monoisotopic (exact) mass is 814 g/mol. The maximum atomic E-state index is 14.2. The van der Waals surface area contributed by atoms with Crippen LogP contribution in [0.1, 0.15) is 89.3 Å². The van der Waals surface area contributed by atoms with Crippen molar-refractivity contribution in [2.45, 2.75) is 104 Å². The number of pyridine rings is 1. The summed E-state index contributed by atoms with van der Waals surface area (Å²) >= 11 is 1.64. The molecule has 1 saturated carbocycles. The molecular weight excluding hydrogens is 757 g/mol. The summed E-state index contributed by atoms with van der Waals surface area (Å²) in [6.45, 7) is 13.5. The quantitative estimate of drug-likeness (QED) is 0.255. The van der Waals surface area contributed by atoms with Gasteiger partial charge < -0.3 is 28.8 Å². The van der Waals surface area contributed by atoms with Gasteiger partial charge in [-0.25, -0.2) is 5.43 Å². The Kier molecular flexibility index (Phi) is 12.0. The summed E-state index contributed by atoms with van der Waals surface area (Å²) in [6.07, 6.45) is 4.57. The summed E-state index contributed by atoms with van der Waals surface area (Å²) in [5.41, 5.74) is 8.85. The highest BCUT2D eigenvalue weighted by Crippen LogP contribution is 2.46. The van der Waals surface area contributed by atoms with E-state index in [1.54, 1.807) is 18.9 Å². The van der Waals surface area contributed by atoms with Crippen LogP contribution in [0.25, 0.3) is 22.2 Å². The van der Waals surface area contributed by atoms with Gasteiger partial charge in [0, 0.05) is 73.0 Å². The number of amides is 2. The number of rotatable bonds is 9. The summed E-state index contributed by atoms with van der Waals surface area (Å²) in [5, 5.41) is 6.54. The summed E-state index contributed by atoms with van der Waals surface area (Å²) in [5.74, 6) is 0.386. The van der Waals surface area contributed by atoms with Crippen LogP contribution in [-0.2, 0) is 46.3 Å². The third-order valence-corrected chi connectivity index (χ3v) is 13.9. The number of methoxy groups -OCH3 is 1. The molecule has 2 unspecified atom stereocenters. The molecule has 58 heavy (non-hydrogen) atoms. The molecule has 13 nitrogen and oxygen atoms in total. The van der Waals surface area contributed by atoms with Crippen LogP contribution < -0.4 is 10.7 Å². The van der Waals surface area contributed by atoms with E-state index in [4.69, 9.17) is 28.9 Å². The second-order valence-corrected chi connectivity index (χ2v) is 18.6. The number of hydrogen-bond donors (Lipinski definition) is 2. The lowest BCUT2D eigenvalue weighted by molar-refractivity contribution is -0.155. The minimum Gasteiger partial charge on any atom is -0.464 e. The second kappa shape index (κ2) is 17.0. The van der Waals surface area contributed by atoms with Crippen LogP contribution in [0.3, 0.4) is 0 Å². The average Bonchev–Trinajstić information content (AvgIpc) is 3.71. The highest BCUT2D eigenvalue weighted by molar-refractivity contribution is 8.14. The SMILES string of the molecule is CO[C@@H](C)c1ncccc1-c1c2c3cc(ccc3n1CCO[C@H]1CCOC1)C1CSC(=N1)C[C@H](NC(=O)C1[C@@H](C)[C@H]1C)C(=O)N1CCC[C@H](N1)C(=O)OCC(C)(C)C2. The zero-order valence-corrected chi connectivity index (χ0v) is 35.4. The third kappa shape index (κ3) is 8.45. The van der Waals surface area contributed by atoms with Gasteiger partial charge in [-0.2, -0.15) is 0 Å². The van der Waals surface area contributed by atoms with Crippen LogP contribution in [0.5, 0.6) is 0 Å². The predicted octanol–water partition coefficient (Wildman–Crippen LogP) is 5.80. The standard InChI is InChI=1S/C44H58N6O7S/c1-25-26(2)38(25)41(51)47-34-20-37-46-35(23-58-37)28-11-12-36-31(19-28)32(21-44(4,5)24-57-43(53)33-10-8-15-50(48-33)42(34)52)40(30-9-7-14-45-39(30)27(3)54-6)49(36)16-18-56-29-13-17-55-22-29/h7,9,11-12,14,19,25-27,29,33-35,38,48H,8,10,13,15-18,20-24H2,1-6H3,(H,47,51)/t25-,26+,27-,29-,33-,34-,35?,38?/m0/s1. The lowest BCUT2D eigenvalue weighted by Crippen LogP contribution is -2.60. The van der Waals surface area contributed by atoms with E-state index in [2.05, 4.69) is 67.3 Å². The molecule has 0 radical (unpaired) electrons. The topological polar surface area (TPSA) is 146 Å². The molecule has 8 rings (SSSR count). The van der Waals surface area contributed by atoms with Crippen molar-refractivity contribution >= 4 is 45.5 Å². The molecule has 2 N–H and O–H groups in total. The fourth-order valence-corrected chi connectivity index (χ4v) is 10.2. The van der Waals surface area contributed by atoms with Crippen LogP contribution in [-0.4, -0.2) is 101 Å². The number of cyclic esters (lactones) is 1. The Bertz CT molecular complexity index is 2050. The molecule has 3 aromatic rings. The molecule has 2 saturated heterocycles. The minimum absolute atomic E-state index is 0.0742. The first-order valence-corrected chi connectivity index (χ1v) is 22.0. The average molecular weight is 815 g/mol. The molecule has 8 atom stereocenters. The number of aliphatic imine (C=N–C) groups is 1. The van der Waals surface area contributed by atoms with Crippen LogP contribution in [0, 0.1) is 23.2 Å². The number of esters is 1. The zero-order chi connectivity index (χ0) is 40.7. The lowest BCUT2D eigenvalue weighted by Gasteiger charge is -2.35. The van der Waals surface area contributed by atoms with Crippen LogP contribution in [0.4, 0.5) is 0 Å².